The quantitative estimate of drug-likeness (QED) is 0.183. The Balaban J connectivity index is 1.21. The molecule has 0 radical (unpaired) electrons. The van der Waals surface area contributed by atoms with Crippen LogP contribution in [0.25, 0.3) is 22.2 Å². The maximum atomic E-state index is 16.0. The van der Waals surface area contributed by atoms with Crippen molar-refractivity contribution in [1.29, 1.82) is 0 Å². The molecule has 3 fully saturated rings. The van der Waals surface area contributed by atoms with Gasteiger partial charge >= 0.3 is 13.4 Å². The number of nitrogens with one attached hydrogen (secondary N) is 1. The molecule has 7 rings (SSSR count). The number of nitrogens with two attached hydrogens (primary N) is 2. The van der Waals surface area contributed by atoms with Crippen LogP contribution in [0.2, 0.25) is 0 Å². The Morgan fingerprint density at radius 1 is 0.911 bits per heavy atom. The molecule has 23 heteroatoms. The molecule has 2 unspecified atom stereocenters. The van der Waals surface area contributed by atoms with Crippen LogP contribution >= 0.6 is 13.4 Å². The molecule has 242 valence electrons. The van der Waals surface area contributed by atoms with Gasteiger partial charge in [0.2, 0.25) is 0 Å². The number of H-pyrrole nitrogens is 1. The maximum absolute atomic E-state index is 16.0. The van der Waals surface area contributed by atoms with E-state index in [2.05, 4.69) is 19.9 Å². The molecule has 4 aromatic rings. The standard InChI is InChI=1S/C22H24F2N8O9P2S2/c23-13-10-4-36-42(34,44)40-17-11(39-21(14(17)24)32-7-28-15-8(25)1-2-27-19(15)32)5-37-43(35,45)41-18(13)22(38-10)31-6-29-16-9(31)3-12(26)30-20(16)33/h1-3,6-7,10-11,13-14,17-18,21-22H,4-5H2,(H2,25,27)(H,34,44)(H,35,45)(H3,26,30,33)/t10-,11-,13-,14+,17-,18-,21-,22-,42?,43?/m1/s1. The summed E-state index contributed by atoms with van der Waals surface area (Å²) in [6, 6.07) is 2.90. The Bertz CT molecular complexity index is 1950. The highest BCUT2D eigenvalue weighted by Gasteiger charge is 2.53. The summed E-state index contributed by atoms with van der Waals surface area (Å²) in [5.74, 6) is -0.00389. The van der Waals surface area contributed by atoms with Gasteiger partial charge in [0.05, 0.1) is 37.1 Å². The zero-order chi connectivity index (χ0) is 31.8. The van der Waals surface area contributed by atoms with Gasteiger partial charge in [-0.05, 0) is 29.7 Å². The van der Waals surface area contributed by atoms with Gasteiger partial charge in [-0.15, -0.1) is 0 Å². The van der Waals surface area contributed by atoms with Crippen molar-refractivity contribution in [3.63, 3.8) is 0 Å². The van der Waals surface area contributed by atoms with E-state index in [-0.39, 0.29) is 22.5 Å². The zero-order valence-electron chi connectivity index (χ0n) is 22.5. The number of alkyl halides is 2. The molecule has 3 aliphatic rings. The molecule has 0 amide bonds. The molecule has 17 nitrogen and oxygen atoms in total. The van der Waals surface area contributed by atoms with E-state index in [9.17, 15) is 14.6 Å². The molecular weight excluding hydrogens is 684 g/mol. The van der Waals surface area contributed by atoms with E-state index in [1.807, 2.05) is 0 Å². The number of aromatic amines is 1. The molecule has 3 aliphatic heterocycles. The predicted molar refractivity (Wildman–Crippen MR) is 159 cm³/mol. The number of ether oxygens (including phenoxy) is 2. The molecule has 4 aromatic heterocycles. The number of hydrogen-bond donors (Lipinski definition) is 5. The number of fused-ring (bicyclic) bond motifs is 5. The first-order valence-electron chi connectivity index (χ1n) is 13.1. The SMILES string of the molecule is Nc1cc2c(ncn2[C@@H]2O[C@@H]3COP(O)(=S)O[C@H]4[C@H](F)[C@H](n5cnc6c(N)ccnc65)O[C@@H]4COP(O)(=S)O[C@@H]2[C@@H]3F)c(=O)[nH]1. The summed E-state index contributed by atoms with van der Waals surface area (Å²) in [4.78, 5) is 49.1. The maximum Gasteiger partial charge on any atom is 0.325 e. The topological polar surface area (TPSA) is 229 Å². The van der Waals surface area contributed by atoms with E-state index in [4.69, 9.17) is 62.6 Å². The number of imidazole rings is 2. The van der Waals surface area contributed by atoms with Crippen LogP contribution in [-0.2, 0) is 51.2 Å². The van der Waals surface area contributed by atoms with Crippen LogP contribution in [0.3, 0.4) is 0 Å². The number of aromatic nitrogens is 6. The second-order valence-electron chi connectivity index (χ2n) is 10.4. The number of anilines is 2. The first-order valence-corrected chi connectivity index (χ1v) is 18.3. The Labute approximate surface area is 260 Å². The number of halogens is 2. The highest BCUT2D eigenvalue weighted by atomic mass is 32.5. The number of nitrogen functional groups attached to an aromatic ring is 2. The monoisotopic (exact) mass is 708 g/mol. The van der Waals surface area contributed by atoms with Crippen molar-refractivity contribution < 1.29 is 46.1 Å². The Morgan fingerprint density at radius 3 is 2.31 bits per heavy atom. The van der Waals surface area contributed by atoms with E-state index < -0.39 is 81.4 Å². The van der Waals surface area contributed by atoms with Crippen LogP contribution in [-0.4, -0.2) is 88.8 Å². The van der Waals surface area contributed by atoms with Crippen LogP contribution < -0.4 is 17.0 Å². The molecule has 45 heavy (non-hydrogen) atoms. The van der Waals surface area contributed by atoms with Crippen LogP contribution in [0.4, 0.5) is 20.3 Å². The summed E-state index contributed by atoms with van der Waals surface area (Å²) in [5, 5.41) is 0. The van der Waals surface area contributed by atoms with E-state index in [1.54, 1.807) is 0 Å². The van der Waals surface area contributed by atoms with Gasteiger partial charge in [0.15, 0.2) is 36.0 Å². The lowest BCUT2D eigenvalue weighted by Crippen LogP contribution is -2.34. The number of hydrogen-bond acceptors (Lipinski definition) is 14. The van der Waals surface area contributed by atoms with Gasteiger partial charge in [-0.25, -0.2) is 23.7 Å². The molecule has 0 aliphatic carbocycles. The third-order valence-electron chi connectivity index (χ3n) is 7.48. The van der Waals surface area contributed by atoms with Crippen molar-refractivity contribution in [2.24, 2.45) is 0 Å². The van der Waals surface area contributed by atoms with Crippen LogP contribution in [0.1, 0.15) is 12.5 Å². The Hall–Kier alpha value is -2.52. The second-order valence-corrected chi connectivity index (χ2v) is 15.9. The first kappa shape index (κ1) is 31.1. The van der Waals surface area contributed by atoms with Crippen LogP contribution in [0.5, 0.6) is 0 Å². The van der Waals surface area contributed by atoms with Crippen molar-refractivity contribution in [2.75, 3.05) is 24.7 Å². The lowest BCUT2D eigenvalue weighted by atomic mass is 10.1. The predicted octanol–water partition coefficient (Wildman–Crippen LogP) is 1.06. The fourth-order valence-corrected chi connectivity index (χ4v) is 8.29. The van der Waals surface area contributed by atoms with E-state index in [0.29, 0.717) is 11.2 Å². The van der Waals surface area contributed by atoms with Gasteiger partial charge < -0.3 is 49.3 Å². The number of pyridine rings is 2. The minimum Gasteiger partial charge on any atom is -0.397 e. The largest absolute Gasteiger partial charge is 0.397 e. The summed E-state index contributed by atoms with van der Waals surface area (Å²) >= 11 is 10.3. The van der Waals surface area contributed by atoms with Gasteiger partial charge in [-0.2, -0.15) is 0 Å². The van der Waals surface area contributed by atoms with Gasteiger partial charge in [0.25, 0.3) is 5.56 Å². The first-order chi connectivity index (χ1) is 21.3. The molecule has 7 N–H and O–H groups in total. The highest BCUT2D eigenvalue weighted by molar-refractivity contribution is 8.07. The highest BCUT2D eigenvalue weighted by Crippen LogP contribution is 2.54. The van der Waals surface area contributed by atoms with Crippen molar-refractivity contribution in [1.82, 2.24) is 29.1 Å². The average Bonchev–Trinajstić information content (AvgIpc) is 3.72. The average molecular weight is 709 g/mol. The minimum absolute atomic E-state index is 0.00389. The Morgan fingerprint density at radius 2 is 1.56 bits per heavy atom. The molecule has 0 saturated carbocycles. The van der Waals surface area contributed by atoms with Gasteiger partial charge in [-0.3, -0.25) is 18.4 Å². The smallest absolute Gasteiger partial charge is 0.325 e. The molecule has 0 aromatic carbocycles. The van der Waals surface area contributed by atoms with Crippen molar-refractivity contribution >= 4 is 70.8 Å². The Kier molecular flexibility index (Phi) is 7.82. The van der Waals surface area contributed by atoms with Crippen LogP contribution in [0.15, 0.2) is 35.8 Å². The van der Waals surface area contributed by atoms with Gasteiger partial charge in [0, 0.05) is 12.3 Å². The van der Waals surface area contributed by atoms with E-state index in [1.165, 1.54) is 40.1 Å². The molecule has 7 heterocycles. The van der Waals surface area contributed by atoms with Crippen LogP contribution in [0, 0.1) is 0 Å². The summed E-state index contributed by atoms with van der Waals surface area (Å²) in [6.07, 6.45) is -8.99. The fourth-order valence-electron chi connectivity index (χ4n) is 5.45. The van der Waals surface area contributed by atoms with E-state index >= 15 is 8.78 Å². The summed E-state index contributed by atoms with van der Waals surface area (Å²) in [7, 11) is 0. The molecule has 2 bridgehead atoms. The number of rotatable bonds is 2. The normalized spacial score (nSPS) is 37.7. The third kappa shape index (κ3) is 5.60. The van der Waals surface area contributed by atoms with Crippen molar-refractivity contribution in [2.45, 2.75) is 49.2 Å². The van der Waals surface area contributed by atoms with Gasteiger partial charge in [0.1, 0.15) is 35.8 Å². The zero-order valence-corrected chi connectivity index (χ0v) is 26.0. The summed E-state index contributed by atoms with van der Waals surface area (Å²) < 4.78 is 68.3. The molecule has 10 atom stereocenters. The van der Waals surface area contributed by atoms with Crippen molar-refractivity contribution in [3.8, 4) is 0 Å². The third-order valence-corrected chi connectivity index (χ3v) is 10.6. The minimum atomic E-state index is -4.32. The molecule has 0 spiro atoms. The molecule has 3 saturated heterocycles. The lowest BCUT2D eigenvalue weighted by molar-refractivity contribution is -0.0597. The van der Waals surface area contributed by atoms with Crippen molar-refractivity contribution in [3.05, 3.63) is 41.3 Å². The summed E-state index contributed by atoms with van der Waals surface area (Å²) in [5.41, 5.74) is 12.1. The lowest BCUT2D eigenvalue weighted by Gasteiger charge is -2.27. The number of nitrogens with zero attached hydrogens (tertiary/aromatic N) is 5. The second kappa shape index (κ2) is 11.3. The fraction of sp³-hybridized carbons (Fsp3) is 0.455. The molecular formula is C22H24F2N8O9P2S2. The van der Waals surface area contributed by atoms with E-state index in [0.717, 1.165) is 0 Å². The van der Waals surface area contributed by atoms with Gasteiger partial charge in [-0.1, -0.05) is 0 Å². The summed E-state index contributed by atoms with van der Waals surface area (Å²) in [6.45, 7) is -9.92.